The minimum atomic E-state index is -0.180. The van der Waals surface area contributed by atoms with Gasteiger partial charge in [-0.3, -0.25) is 4.68 Å². The monoisotopic (exact) mass is 261 g/mol. The van der Waals surface area contributed by atoms with Crippen LogP contribution in [0.15, 0.2) is 36.7 Å². The van der Waals surface area contributed by atoms with Crippen LogP contribution in [0.4, 0.5) is 4.39 Å². The van der Waals surface area contributed by atoms with Crippen molar-refractivity contribution in [3.8, 4) is 0 Å². The molecule has 19 heavy (non-hydrogen) atoms. The second-order valence-electron chi connectivity index (χ2n) is 4.88. The highest BCUT2D eigenvalue weighted by molar-refractivity contribution is 5.17. The van der Waals surface area contributed by atoms with Gasteiger partial charge in [0.2, 0.25) is 0 Å². The van der Waals surface area contributed by atoms with Gasteiger partial charge in [0, 0.05) is 19.3 Å². The lowest BCUT2D eigenvalue weighted by atomic mass is 10.0. The predicted molar refractivity (Wildman–Crippen MR) is 74.5 cm³/mol. The van der Waals surface area contributed by atoms with E-state index in [9.17, 15) is 4.39 Å². The van der Waals surface area contributed by atoms with Crippen LogP contribution < -0.4 is 5.32 Å². The number of rotatable bonds is 6. The number of aryl methyl sites for hydroxylation is 2. The molecule has 0 saturated carbocycles. The maximum absolute atomic E-state index is 12.9. The Labute approximate surface area is 113 Å². The Bertz CT molecular complexity index is 504. The van der Waals surface area contributed by atoms with Gasteiger partial charge in [-0.2, -0.15) is 5.10 Å². The Morgan fingerprint density at radius 3 is 2.58 bits per heavy atom. The minimum absolute atomic E-state index is 0.180. The third-order valence-electron chi connectivity index (χ3n) is 3.34. The highest BCUT2D eigenvalue weighted by Gasteiger charge is 2.08. The van der Waals surface area contributed by atoms with Gasteiger partial charge in [0.25, 0.3) is 0 Å². The van der Waals surface area contributed by atoms with E-state index in [1.807, 2.05) is 43.3 Å². The number of nitrogens with zero attached hydrogens (tertiary/aromatic N) is 2. The van der Waals surface area contributed by atoms with Gasteiger partial charge in [-0.1, -0.05) is 12.1 Å². The number of nitrogens with one attached hydrogen (secondary N) is 1. The van der Waals surface area contributed by atoms with E-state index in [-0.39, 0.29) is 5.82 Å². The van der Waals surface area contributed by atoms with Crippen molar-refractivity contribution in [3.05, 3.63) is 53.6 Å². The van der Waals surface area contributed by atoms with Crippen LogP contribution in [0, 0.1) is 5.82 Å². The molecule has 0 aliphatic heterocycles. The third kappa shape index (κ3) is 4.17. The summed E-state index contributed by atoms with van der Waals surface area (Å²) in [6.07, 6.45) is 6.91. The molecule has 0 bridgehead atoms. The first kappa shape index (κ1) is 13.7. The van der Waals surface area contributed by atoms with Crippen LogP contribution in [-0.4, -0.2) is 22.9 Å². The molecule has 0 radical (unpaired) electrons. The highest BCUT2D eigenvalue weighted by atomic mass is 19.1. The van der Waals surface area contributed by atoms with Gasteiger partial charge in [-0.25, -0.2) is 4.39 Å². The Morgan fingerprint density at radius 2 is 2.00 bits per heavy atom. The molecule has 1 atom stereocenters. The van der Waals surface area contributed by atoms with Crippen LogP contribution in [0.5, 0.6) is 0 Å². The van der Waals surface area contributed by atoms with Crippen molar-refractivity contribution in [2.24, 2.45) is 7.05 Å². The molecule has 1 aromatic heterocycles. The summed E-state index contributed by atoms with van der Waals surface area (Å²) in [7, 11) is 3.90. The molecule has 1 aromatic carbocycles. The standard InChI is InChI=1S/C15H20FN3/c1-17-15(8-5-13-10-18-19(2)11-13)9-12-3-6-14(16)7-4-12/h3-4,6-7,10-11,15,17H,5,8-9H2,1-2H3. The molecular formula is C15H20FN3. The summed E-state index contributed by atoms with van der Waals surface area (Å²) < 4.78 is 14.7. The van der Waals surface area contributed by atoms with Crippen LogP contribution in [0.2, 0.25) is 0 Å². The van der Waals surface area contributed by atoms with E-state index in [0.29, 0.717) is 6.04 Å². The largest absolute Gasteiger partial charge is 0.317 e. The van der Waals surface area contributed by atoms with Gasteiger partial charge >= 0.3 is 0 Å². The molecular weight excluding hydrogens is 241 g/mol. The molecule has 3 nitrogen and oxygen atoms in total. The fraction of sp³-hybridized carbons (Fsp3) is 0.400. The predicted octanol–water partition coefficient (Wildman–Crippen LogP) is 2.32. The Balaban J connectivity index is 1.87. The van der Waals surface area contributed by atoms with Gasteiger partial charge in [0.1, 0.15) is 5.82 Å². The maximum atomic E-state index is 12.9. The fourth-order valence-corrected chi connectivity index (χ4v) is 2.20. The Morgan fingerprint density at radius 1 is 1.26 bits per heavy atom. The van der Waals surface area contributed by atoms with Gasteiger partial charge in [-0.15, -0.1) is 0 Å². The van der Waals surface area contributed by atoms with Crippen molar-refractivity contribution in [1.82, 2.24) is 15.1 Å². The summed E-state index contributed by atoms with van der Waals surface area (Å²) in [4.78, 5) is 0. The van der Waals surface area contributed by atoms with Crippen LogP contribution in [0.1, 0.15) is 17.5 Å². The lowest BCUT2D eigenvalue weighted by Crippen LogP contribution is -2.28. The molecule has 102 valence electrons. The average molecular weight is 261 g/mol. The lowest BCUT2D eigenvalue weighted by molar-refractivity contribution is 0.519. The fourth-order valence-electron chi connectivity index (χ4n) is 2.20. The van der Waals surface area contributed by atoms with Gasteiger partial charge in [0.05, 0.1) is 6.20 Å². The van der Waals surface area contributed by atoms with E-state index in [1.54, 1.807) is 0 Å². The normalized spacial score (nSPS) is 12.6. The van der Waals surface area contributed by atoms with Crippen molar-refractivity contribution in [2.45, 2.75) is 25.3 Å². The van der Waals surface area contributed by atoms with Crippen molar-refractivity contribution < 1.29 is 4.39 Å². The van der Waals surface area contributed by atoms with Crippen molar-refractivity contribution in [1.29, 1.82) is 0 Å². The molecule has 4 heteroatoms. The number of hydrogen-bond acceptors (Lipinski definition) is 2. The first-order valence-corrected chi connectivity index (χ1v) is 6.56. The highest BCUT2D eigenvalue weighted by Crippen LogP contribution is 2.10. The van der Waals surface area contributed by atoms with Crippen molar-refractivity contribution in [2.75, 3.05) is 7.05 Å². The Kier molecular flexibility index (Phi) is 4.68. The SMILES string of the molecule is CNC(CCc1cnn(C)c1)Cc1ccc(F)cc1. The van der Waals surface area contributed by atoms with Gasteiger partial charge in [-0.05, 0) is 49.6 Å². The number of aromatic nitrogens is 2. The molecule has 0 fully saturated rings. The molecule has 0 amide bonds. The van der Waals surface area contributed by atoms with E-state index in [4.69, 9.17) is 0 Å². The molecule has 1 heterocycles. The second kappa shape index (κ2) is 6.48. The molecule has 2 aromatic rings. The van der Waals surface area contributed by atoms with E-state index >= 15 is 0 Å². The summed E-state index contributed by atoms with van der Waals surface area (Å²) in [6, 6.07) is 7.13. The van der Waals surface area contributed by atoms with E-state index in [1.165, 1.54) is 17.7 Å². The summed E-state index contributed by atoms with van der Waals surface area (Å²) in [5.74, 6) is -0.180. The zero-order valence-corrected chi connectivity index (χ0v) is 11.4. The maximum Gasteiger partial charge on any atom is 0.123 e. The molecule has 1 unspecified atom stereocenters. The first-order chi connectivity index (χ1) is 9.17. The summed E-state index contributed by atoms with van der Waals surface area (Å²) >= 11 is 0. The average Bonchev–Trinajstić information content (AvgIpc) is 2.82. The number of benzene rings is 1. The number of likely N-dealkylation sites (N-methyl/N-ethyl adjacent to an activating group) is 1. The quantitative estimate of drug-likeness (QED) is 0.865. The van der Waals surface area contributed by atoms with E-state index in [2.05, 4.69) is 10.4 Å². The smallest absolute Gasteiger partial charge is 0.123 e. The lowest BCUT2D eigenvalue weighted by Gasteiger charge is -2.15. The van der Waals surface area contributed by atoms with Crippen LogP contribution >= 0.6 is 0 Å². The summed E-state index contributed by atoms with van der Waals surface area (Å²) in [6.45, 7) is 0. The number of halogens is 1. The third-order valence-corrected chi connectivity index (χ3v) is 3.34. The molecule has 1 N–H and O–H groups in total. The summed E-state index contributed by atoms with van der Waals surface area (Å²) in [5.41, 5.74) is 2.41. The second-order valence-corrected chi connectivity index (χ2v) is 4.88. The van der Waals surface area contributed by atoms with Crippen molar-refractivity contribution >= 4 is 0 Å². The zero-order chi connectivity index (χ0) is 13.7. The van der Waals surface area contributed by atoms with Crippen LogP contribution in [0.25, 0.3) is 0 Å². The van der Waals surface area contributed by atoms with Crippen molar-refractivity contribution in [3.63, 3.8) is 0 Å². The molecule has 0 aliphatic rings. The van der Waals surface area contributed by atoms with E-state index in [0.717, 1.165) is 24.8 Å². The molecule has 0 aliphatic carbocycles. The van der Waals surface area contributed by atoms with Gasteiger partial charge in [0.15, 0.2) is 0 Å². The first-order valence-electron chi connectivity index (χ1n) is 6.56. The number of hydrogen-bond donors (Lipinski definition) is 1. The minimum Gasteiger partial charge on any atom is -0.317 e. The van der Waals surface area contributed by atoms with E-state index < -0.39 is 0 Å². The molecule has 0 saturated heterocycles. The molecule has 2 rings (SSSR count). The Hall–Kier alpha value is -1.68. The van der Waals surface area contributed by atoms with Crippen LogP contribution in [-0.2, 0) is 19.9 Å². The topological polar surface area (TPSA) is 29.9 Å². The molecule has 0 spiro atoms. The summed E-state index contributed by atoms with van der Waals surface area (Å²) in [5, 5.41) is 7.49. The van der Waals surface area contributed by atoms with Gasteiger partial charge < -0.3 is 5.32 Å². The zero-order valence-electron chi connectivity index (χ0n) is 11.4. The van der Waals surface area contributed by atoms with Crippen LogP contribution in [0.3, 0.4) is 0 Å².